The Morgan fingerprint density at radius 2 is 1.64 bits per heavy atom. The van der Waals surface area contributed by atoms with Gasteiger partial charge in [-0.05, 0) is 53.8 Å². The standard InChI is InChI=1S/C28H32N2O6/c1-6-14-30-26(32)22(25(31)29-27(30)33)17-19-8-13-23(24(18-19)34-7-2)36-16-15-35-21-11-9-20(10-12-21)28(3,4)5/h6,8-13,17-18H,1,7,14-16H2,2-5H3,(H,29,31,33)/b22-17-. The third kappa shape index (κ3) is 6.53. The summed E-state index contributed by atoms with van der Waals surface area (Å²) in [4.78, 5) is 37.7. The average molecular weight is 493 g/mol. The van der Waals surface area contributed by atoms with Crippen molar-refractivity contribution in [2.24, 2.45) is 0 Å². The minimum atomic E-state index is -0.770. The number of benzene rings is 2. The van der Waals surface area contributed by atoms with Crippen LogP contribution in [0.1, 0.15) is 38.8 Å². The maximum Gasteiger partial charge on any atom is 0.331 e. The van der Waals surface area contributed by atoms with Gasteiger partial charge in [-0.15, -0.1) is 6.58 Å². The van der Waals surface area contributed by atoms with Gasteiger partial charge in [-0.2, -0.15) is 0 Å². The first-order valence-electron chi connectivity index (χ1n) is 11.8. The molecule has 0 unspecified atom stereocenters. The van der Waals surface area contributed by atoms with Gasteiger partial charge in [-0.25, -0.2) is 4.79 Å². The number of nitrogens with one attached hydrogen (secondary N) is 1. The summed E-state index contributed by atoms with van der Waals surface area (Å²) < 4.78 is 17.3. The number of hydrogen-bond donors (Lipinski definition) is 1. The molecule has 0 bridgehead atoms. The van der Waals surface area contributed by atoms with Gasteiger partial charge in [0.25, 0.3) is 11.8 Å². The van der Waals surface area contributed by atoms with E-state index >= 15 is 0 Å². The highest BCUT2D eigenvalue weighted by molar-refractivity contribution is 6.31. The molecule has 1 aliphatic rings. The first kappa shape index (κ1) is 26.5. The van der Waals surface area contributed by atoms with Crippen molar-refractivity contribution in [3.05, 3.63) is 71.8 Å². The van der Waals surface area contributed by atoms with Crippen molar-refractivity contribution >= 4 is 23.9 Å². The van der Waals surface area contributed by atoms with Crippen molar-refractivity contribution in [2.45, 2.75) is 33.1 Å². The number of nitrogens with zero attached hydrogens (tertiary/aromatic N) is 1. The molecule has 1 fully saturated rings. The quantitative estimate of drug-likeness (QED) is 0.227. The third-order valence-electron chi connectivity index (χ3n) is 5.41. The molecule has 1 N–H and O–H groups in total. The van der Waals surface area contributed by atoms with Crippen molar-refractivity contribution in [2.75, 3.05) is 26.4 Å². The Morgan fingerprint density at radius 1 is 0.944 bits per heavy atom. The number of amides is 4. The highest BCUT2D eigenvalue weighted by Gasteiger charge is 2.34. The van der Waals surface area contributed by atoms with Crippen LogP contribution >= 0.6 is 0 Å². The predicted octanol–water partition coefficient (Wildman–Crippen LogP) is 4.49. The first-order chi connectivity index (χ1) is 17.1. The van der Waals surface area contributed by atoms with E-state index in [2.05, 4.69) is 44.8 Å². The van der Waals surface area contributed by atoms with Gasteiger partial charge in [0.05, 0.1) is 6.61 Å². The van der Waals surface area contributed by atoms with Gasteiger partial charge in [0.2, 0.25) is 0 Å². The average Bonchev–Trinajstić information content (AvgIpc) is 2.83. The molecular formula is C28H32N2O6. The lowest BCUT2D eigenvalue weighted by atomic mass is 9.87. The SMILES string of the molecule is C=CCN1C(=O)NC(=O)/C(=C/c2ccc(OCCOc3ccc(C(C)(C)C)cc3)c(OCC)c2)C1=O. The van der Waals surface area contributed by atoms with E-state index in [0.29, 0.717) is 36.9 Å². The lowest BCUT2D eigenvalue weighted by Crippen LogP contribution is -2.54. The van der Waals surface area contributed by atoms with E-state index in [1.165, 1.54) is 17.7 Å². The summed E-state index contributed by atoms with van der Waals surface area (Å²) in [5, 5.41) is 2.17. The van der Waals surface area contributed by atoms with Gasteiger partial charge >= 0.3 is 6.03 Å². The van der Waals surface area contributed by atoms with Crippen molar-refractivity contribution in [3.8, 4) is 17.2 Å². The molecule has 8 heteroatoms. The molecule has 4 amide bonds. The molecule has 3 rings (SSSR count). The van der Waals surface area contributed by atoms with Gasteiger partial charge in [0.1, 0.15) is 24.5 Å². The molecule has 2 aromatic rings. The van der Waals surface area contributed by atoms with Crippen LogP contribution in [0.2, 0.25) is 0 Å². The number of carbonyl (C=O) groups is 3. The Bertz CT molecular complexity index is 1160. The molecule has 0 saturated carbocycles. The maximum atomic E-state index is 12.6. The van der Waals surface area contributed by atoms with Crippen LogP contribution in [0.4, 0.5) is 4.79 Å². The monoisotopic (exact) mass is 492 g/mol. The van der Waals surface area contributed by atoms with Crippen LogP contribution in [-0.4, -0.2) is 49.1 Å². The largest absolute Gasteiger partial charge is 0.490 e. The van der Waals surface area contributed by atoms with Crippen LogP contribution in [0.25, 0.3) is 6.08 Å². The zero-order valence-electron chi connectivity index (χ0n) is 21.1. The van der Waals surface area contributed by atoms with Crippen molar-refractivity contribution in [1.29, 1.82) is 0 Å². The summed E-state index contributed by atoms with van der Waals surface area (Å²) >= 11 is 0. The molecule has 1 aliphatic heterocycles. The van der Waals surface area contributed by atoms with E-state index in [-0.39, 0.29) is 17.5 Å². The fourth-order valence-electron chi connectivity index (χ4n) is 3.52. The van der Waals surface area contributed by atoms with Gasteiger partial charge < -0.3 is 14.2 Å². The van der Waals surface area contributed by atoms with E-state index in [4.69, 9.17) is 14.2 Å². The molecule has 0 aromatic heterocycles. The summed E-state index contributed by atoms with van der Waals surface area (Å²) in [6.45, 7) is 12.9. The highest BCUT2D eigenvalue weighted by Crippen LogP contribution is 2.30. The minimum Gasteiger partial charge on any atom is -0.490 e. The zero-order valence-corrected chi connectivity index (χ0v) is 21.1. The fraction of sp³-hybridized carbons (Fsp3) is 0.321. The lowest BCUT2D eigenvalue weighted by molar-refractivity contribution is -0.129. The number of ether oxygens (including phenoxy) is 3. The summed E-state index contributed by atoms with van der Waals surface area (Å²) in [6.07, 6.45) is 2.83. The minimum absolute atomic E-state index is 0.00490. The van der Waals surface area contributed by atoms with E-state index in [9.17, 15) is 14.4 Å². The van der Waals surface area contributed by atoms with Crippen molar-refractivity contribution in [3.63, 3.8) is 0 Å². The van der Waals surface area contributed by atoms with Crippen molar-refractivity contribution < 1.29 is 28.6 Å². The van der Waals surface area contributed by atoms with Crippen LogP contribution in [-0.2, 0) is 15.0 Å². The predicted molar refractivity (Wildman–Crippen MR) is 137 cm³/mol. The number of rotatable bonds is 10. The Morgan fingerprint density at radius 3 is 2.28 bits per heavy atom. The summed E-state index contributed by atoms with van der Waals surface area (Å²) in [6, 6.07) is 12.3. The van der Waals surface area contributed by atoms with E-state index in [0.717, 1.165) is 10.6 Å². The molecule has 0 spiro atoms. The number of barbiturate groups is 1. The molecule has 1 heterocycles. The zero-order chi connectivity index (χ0) is 26.3. The molecular weight excluding hydrogens is 460 g/mol. The molecule has 190 valence electrons. The normalized spacial score (nSPS) is 15.1. The molecule has 8 nitrogen and oxygen atoms in total. The molecule has 0 aliphatic carbocycles. The number of urea groups is 1. The molecule has 1 saturated heterocycles. The van der Waals surface area contributed by atoms with Crippen LogP contribution in [0.3, 0.4) is 0 Å². The second-order valence-corrected chi connectivity index (χ2v) is 9.13. The van der Waals surface area contributed by atoms with Crippen LogP contribution in [0, 0.1) is 0 Å². The summed E-state index contributed by atoms with van der Waals surface area (Å²) in [5.74, 6) is 0.293. The first-order valence-corrected chi connectivity index (χ1v) is 11.8. The Balaban J connectivity index is 1.67. The molecule has 2 aromatic carbocycles. The van der Waals surface area contributed by atoms with E-state index in [1.807, 2.05) is 19.1 Å². The number of hydrogen-bond acceptors (Lipinski definition) is 6. The van der Waals surface area contributed by atoms with Gasteiger partial charge in [0.15, 0.2) is 11.5 Å². The number of imide groups is 2. The maximum absolute atomic E-state index is 12.6. The van der Waals surface area contributed by atoms with E-state index < -0.39 is 17.8 Å². The van der Waals surface area contributed by atoms with Gasteiger partial charge in [0, 0.05) is 6.54 Å². The second kappa shape index (κ2) is 11.6. The van der Waals surface area contributed by atoms with Gasteiger partial charge in [-0.3, -0.25) is 19.8 Å². The molecule has 0 radical (unpaired) electrons. The van der Waals surface area contributed by atoms with E-state index in [1.54, 1.807) is 18.2 Å². The fourth-order valence-corrected chi connectivity index (χ4v) is 3.52. The Kier molecular flexibility index (Phi) is 8.53. The lowest BCUT2D eigenvalue weighted by Gasteiger charge is -2.25. The smallest absolute Gasteiger partial charge is 0.331 e. The van der Waals surface area contributed by atoms with Crippen LogP contribution < -0.4 is 19.5 Å². The number of carbonyl (C=O) groups excluding carboxylic acids is 3. The Labute approximate surface area is 211 Å². The summed E-state index contributed by atoms with van der Waals surface area (Å²) in [5.41, 5.74) is 1.70. The topological polar surface area (TPSA) is 94.2 Å². The van der Waals surface area contributed by atoms with Crippen LogP contribution in [0.15, 0.2) is 60.7 Å². The second-order valence-electron chi connectivity index (χ2n) is 9.13. The highest BCUT2D eigenvalue weighted by atomic mass is 16.5. The third-order valence-corrected chi connectivity index (χ3v) is 5.41. The Hall–Kier alpha value is -4.07. The summed E-state index contributed by atoms with van der Waals surface area (Å²) in [7, 11) is 0. The van der Waals surface area contributed by atoms with Crippen LogP contribution in [0.5, 0.6) is 17.2 Å². The molecule has 36 heavy (non-hydrogen) atoms. The molecule has 0 atom stereocenters. The van der Waals surface area contributed by atoms with Crippen molar-refractivity contribution in [1.82, 2.24) is 10.2 Å². The van der Waals surface area contributed by atoms with Gasteiger partial charge in [-0.1, -0.05) is 45.0 Å².